The normalized spacial score (nSPS) is 11.9. The van der Waals surface area contributed by atoms with Gasteiger partial charge >= 0.3 is 0 Å². The van der Waals surface area contributed by atoms with Gasteiger partial charge in [0.15, 0.2) is 0 Å². The molecule has 2 aromatic carbocycles. The van der Waals surface area contributed by atoms with E-state index in [0.29, 0.717) is 22.7 Å². The number of halogens is 3. The van der Waals surface area contributed by atoms with E-state index in [0.717, 1.165) is 24.2 Å². The van der Waals surface area contributed by atoms with E-state index in [1.54, 1.807) is 6.07 Å². The highest BCUT2D eigenvalue weighted by Gasteiger charge is 2.05. The maximum absolute atomic E-state index is 6.15. The number of ether oxygens (including phenoxy) is 1. The van der Waals surface area contributed by atoms with Gasteiger partial charge in [-0.25, -0.2) is 0 Å². The summed E-state index contributed by atoms with van der Waals surface area (Å²) in [5.74, 6) is 0.848. The van der Waals surface area contributed by atoms with Crippen molar-refractivity contribution in [2.75, 3.05) is 14.1 Å². The highest BCUT2D eigenvalue weighted by Crippen LogP contribution is 2.23. The van der Waals surface area contributed by atoms with E-state index < -0.39 is 0 Å². The van der Waals surface area contributed by atoms with Crippen molar-refractivity contribution in [3.05, 3.63) is 63.6 Å². The first-order valence-corrected chi connectivity index (χ1v) is 8.53. The van der Waals surface area contributed by atoms with Crippen LogP contribution < -0.4 is 4.74 Å². The largest absolute Gasteiger partial charge is 0.489 e. The van der Waals surface area contributed by atoms with Gasteiger partial charge in [0.05, 0.1) is 0 Å². The third-order valence-corrected chi connectivity index (χ3v) is 4.65. The van der Waals surface area contributed by atoms with Crippen molar-refractivity contribution < 1.29 is 4.74 Å². The Kier molecular flexibility index (Phi) is 8.93. The second kappa shape index (κ2) is 10.1. The Morgan fingerprint density at radius 1 is 1.04 bits per heavy atom. The second-order valence-electron chi connectivity index (χ2n) is 6.02. The Morgan fingerprint density at radius 2 is 1.71 bits per heavy atom. The molecule has 0 fully saturated rings. The van der Waals surface area contributed by atoms with Crippen LogP contribution in [0.5, 0.6) is 5.75 Å². The monoisotopic (exact) mass is 387 g/mol. The number of aryl methyl sites for hydroxylation is 1. The van der Waals surface area contributed by atoms with Crippen LogP contribution in [0.2, 0.25) is 10.0 Å². The minimum Gasteiger partial charge on any atom is -0.489 e. The van der Waals surface area contributed by atoms with E-state index in [1.807, 2.05) is 24.3 Å². The van der Waals surface area contributed by atoms with E-state index >= 15 is 0 Å². The van der Waals surface area contributed by atoms with Crippen LogP contribution in [0.25, 0.3) is 0 Å². The highest BCUT2D eigenvalue weighted by atomic mass is 35.5. The molecule has 2 aromatic rings. The Balaban J connectivity index is 0.00000288. The minimum atomic E-state index is 0. The molecular formula is C19H24Cl3NO. The quantitative estimate of drug-likeness (QED) is 0.587. The van der Waals surface area contributed by atoms with E-state index in [-0.39, 0.29) is 12.4 Å². The van der Waals surface area contributed by atoms with Crippen LogP contribution in [0, 0.1) is 0 Å². The molecule has 0 heterocycles. The van der Waals surface area contributed by atoms with Crippen LogP contribution in [-0.2, 0) is 13.0 Å². The van der Waals surface area contributed by atoms with Crippen molar-refractivity contribution >= 4 is 35.6 Å². The lowest BCUT2D eigenvalue weighted by Gasteiger charge is -2.19. The molecule has 0 radical (unpaired) electrons. The van der Waals surface area contributed by atoms with Gasteiger partial charge in [0, 0.05) is 21.7 Å². The second-order valence-corrected chi connectivity index (χ2v) is 6.86. The molecule has 1 unspecified atom stereocenters. The van der Waals surface area contributed by atoms with Crippen LogP contribution in [0.3, 0.4) is 0 Å². The van der Waals surface area contributed by atoms with Crippen molar-refractivity contribution in [2.45, 2.75) is 32.4 Å². The van der Waals surface area contributed by atoms with Crippen LogP contribution >= 0.6 is 35.6 Å². The first-order valence-electron chi connectivity index (χ1n) is 7.78. The molecule has 0 saturated carbocycles. The number of rotatable bonds is 7. The molecule has 0 saturated heterocycles. The summed E-state index contributed by atoms with van der Waals surface area (Å²) in [4.78, 5) is 2.24. The number of hydrogen-bond donors (Lipinski definition) is 0. The average molecular weight is 389 g/mol. The third kappa shape index (κ3) is 6.52. The molecule has 0 bridgehead atoms. The lowest BCUT2D eigenvalue weighted by Crippen LogP contribution is -2.24. The fourth-order valence-electron chi connectivity index (χ4n) is 2.19. The lowest BCUT2D eigenvalue weighted by atomic mass is 10.1. The van der Waals surface area contributed by atoms with Gasteiger partial charge in [0.25, 0.3) is 0 Å². The van der Waals surface area contributed by atoms with E-state index in [9.17, 15) is 0 Å². The van der Waals surface area contributed by atoms with Gasteiger partial charge in [-0.05, 0) is 63.7 Å². The van der Waals surface area contributed by atoms with Crippen LogP contribution in [0.4, 0.5) is 0 Å². The fraction of sp³-hybridized carbons (Fsp3) is 0.368. The van der Waals surface area contributed by atoms with Crippen LogP contribution in [-0.4, -0.2) is 25.0 Å². The standard InChI is InChI=1S/C19H23Cl2NO.ClH/c1-14(22(2)3)4-5-15-6-10-18(11-7-15)23-13-16-8-9-17(20)12-19(16)21;/h6-12,14H,4-5,13H2,1-3H3;1H. The van der Waals surface area contributed by atoms with Gasteiger partial charge in [-0.3, -0.25) is 0 Å². The molecular weight excluding hydrogens is 365 g/mol. The Morgan fingerprint density at radius 3 is 2.29 bits per heavy atom. The summed E-state index contributed by atoms with van der Waals surface area (Å²) >= 11 is 12.0. The molecule has 0 amide bonds. The zero-order valence-electron chi connectivity index (χ0n) is 14.3. The fourth-order valence-corrected chi connectivity index (χ4v) is 2.65. The lowest BCUT2D eigenvalue weighted by molar-refractivity contribution is 0.298. The zero-order valence-corrected chi connectivity index (χ0v) is 16.6. The van der Waals surface area contributed by atoms with E-state index in [4.69, 9.17) is 27.9 Å². The van der Waals surface area contributed by atoms with Gasteiger partial charge in [0.2, 0.25) is 0 Å². The maximum Gasteiger partial charge on any atom is 0.119 e. The van der Waals surface area contributed by atoms with Gasteiger partial charge < -0.3 is 9.64 Å². The summed E-state index contributed by atoms with van der Waals surface area (Å²) in [6.45, 7) is 2.68. The number of benzene rings is 2. The third-order valence-electron chi connectivity index (χ3n) is 4.07. The van der Waals surface area contributed by atoms with Crippen molar-refractivity contribution in [2.24, 2.45) is 0 Å². The van der Waals surface area contributed by atoms with Crippen molar-refractivity contribution in [1.29, 1.82) is 0 Å². The SMILES string of the molecule is CC(CCc1ccc(OCc2ccc(Cl)cc2Cl)cc1)N(C)C.Cl. The molecule has 2 rings (SSSR count). The highest BCUT2D eigenvalue weighted by molar-refractivity contribution is 6.35. The smallest absolute Gasteiger partial charge is 0.119 e. The summed E-state index contributed by atoms with van der Waals surface area (Å²) in [5, 5.41) is 1.27. The summed E-state index contributed by atoms with van der Waals surface area (Å²) in [7, 11) is 4.23. The van der Waals surface area contributed by atoms with E-state index in [1.165, 1.54) is 5.56 Å². The first kappa shape index (κ1) is 21.1. The Labute approximate surface area is 161 Å². The zero-order chi connectivity index (χ0) is 16.8. The minimum absolute atomic E-state index is 0. The predicted octanol–water partition coefficient (Wildman–Crippen LogP) is 5.88. The molecule has 24 heavy (non-hydrogen) atoms. The molecule has 0 aromatic heterocycles. The van der Waals surface area contributed by atoms with Crippen molar-refractivity contribution in [1.82, 2.24) is 4.90 Å². The topological polar surface area (TPSA) is 12.5 Å². The predicted molar refractivity (Wildman–Crippen MR) is 106 cm³/mol. The molecule has 0 aliphatic carbocycles. The molecule has 0 aliphatic rings. The van der Waals surface area contributed by atoms with Crippen LogP contribution in [0.15, 0.2) is 42.5 Å². The maximum atomic E-state index is 6.15. The number of hydrogen-bond acceptors (Lipinski definition) is 2. The Bertz CT molecular complexity index is 629. The molecule has 0 N–H and O–H groups in total. The van der Waals surface area contributed by atoms with Gasteiger partial charge in [-0.1, -0.05) is 41.4 Å². The molecule has 0 aliphatic heterocycles. The number of nitrogens with zero attached hydrogens (tertiary/aromatic N) is 1. The average Bonchev–Trinajstić information content (AvgIpc) is 2.52. The molecule has 2 nitrogen and oxygen atoms in total. The summed E-state index contributed by atoms with van der Waals surface area (Å²) in [6.07, 6.45) is 2.22. The van der Waals surface area contributed by atoms with E-state index in [2.05, 4.69) is 38.1 Å². The summed E-state index contributed by atoms with van der Waals surface area (Å²) < 4.78 is 5.80. The molecule has 132 valence electrons. The van der Waals surface area contributed by atoms with Crippen molar-refractivity contribution in [3.8, 4) is 5.75 Å². The van der Waals surface area contributed by atoms with Gasteiger partial charge in [0.1, 0.15) is 12.4 Å². The first-order chi connectivity index (χ1) is 11.0. The summed E-state index contributed by atoms with van der Waals surface area (Å²) in [6, 6.07) is 14.3. The molecule has 5 heteroatoms. The Hall–Kier alpha value is -0.930. The van der Waals surface area contributed by atoms with Gasteiger partial charge in [-0.15, -0.1) is 12.4 Å². The van der Waals surface area contributed by atoms with Gasteiger partial charge in [-0.2, -0.15) is 0 Å². The van der Waals surface area contributed by atoms with Crippen LogP contribution in [0.1, 0.15) is 24.5 Å². The van der Waals surface area contributed by atoms with Crippen molar-refractivity contribution in [3.63, 3.8) is 0 Å². The molecule has 0 spiro atoms. The molecule has 1 atom stereocenters. The summed E-state index contributed by atoms with van der Waals surface area (Å²) in [5.41, 5.74) is 2.26.